The summed E-state index contributed by atoms with van der Waals surface area (Å²) in [5, 5.41) is 0. The zero-order valence-electron chi connectivity index (χ0n) is 16.4. The maximum Gasteiger partial charge on any atom is 0 e. The molecule has 0 bridgehead atoms. The molecule has 0 aromatic rings. The Labute approximate surface area is 249 Å². The van der Waals surface area contributed by atoms with Crippen molar-refractivity contribution in [2.75, 3.05) is 0 Å². The van der Waals surface area contributed by atoms with Gasteiger partial charge in [0, 0.05) is 131 Å². The Hall–Kier alpha value is 4.42. The van der Waals surface area contributed by atoms with E-state index in [0.29, 0.717) is 11.8 Å². The first-order valence-electron chi connectivity index (χ1n) is 8.73. The molecule has 0 N–H and O–H groups in total. The molecule has 0 fully saturated rings. The maximum atomic E-state index is 4.43. The van der Waals surface area contributed by atoms with E-state index in [2.05, 4.69) is 41.5 Å². The summed E-state index contributed by atoms with van der Waals surface area (Å²) in [5.74, 6) is 3.04. The van der Waals surface area contributed by atoms with Crippen LogP contribution in [0.25, 0.3) is 0 Å². The van der Waals surface area contributed by atoms with Crippen LogP contribution in [0.2, 0.25) is 0 Å². The standard InChI is InChI=1S/C19H38.4Y/c1-7-11-16(5)13-19(10-4)15-17(6)14-18(9-3)12-8-2;;;;/h16-19H,5-15H2,1-4H3;;;;/q-2;;;;. The molecule has 0 heterocycles. The van der Waals surface area contributed by atoms with Gasteiger partial charge in [0.2, 0.25) is 0 Å². The second kappa shape index (κ2) is 26.4. The molecular formula is C19H38Y4-2. The minimum atomic E-state index is 0. The third kappa shape index (κ3) is 22.6. The van der Waals surface area contributed by atoms with Gasteiger partial charge in [-0.3, -0.25) is 0 Å². The maximum absolute atomic E-state index is 4.43. The van der Waals surface area contributed by atoms with Gasteiger partial charge in [-0.05, 0) is 11.8 Å². The van der Waals surface area contributed by atoms with E-state index >= 15 is 0 Å². The molecule has 4 atom stereocenters. The number of hydrogen-bond donors (Lipinski definition) is 0. The van der Waals surface area contributed by atoms with Crippen LogP contribution in [0.3, 0.4) is 0 Å². The van der Waals surface area contributed by atoms with Gasteiger partial charge in [0.25, 0.3) is 0 Å². The predicted molar refractivity (Wildman–Crippen MR) is 88.9 cm³/mol. The van der Waals surface area contributed by atoms with Gasteiger partial charge >= 0.3 is 0 Å². The van der Waals surface area contributed by atoms with Crippen molar-refractivity contribution in [1.82, 2.24) is 0 Å². The van der Waals surface area contributed by atoms with Gasteiger partial charge in [-0.25, -0.2) is 0 Å². The Morgan fingerprint density at radius 2 is 0.957 bits per heavy atom. The molecule has 0 aliphatic carbocycles. The monoisotopic (exact) mass is 622 g/mol. The second-order valence-corrected chi connectivity index (χ2v) is 6.57. The molecule has 0 saturated carbocycles. The van der Waals surface area contributed by atoms with Crippen LogP contribution in [0.15, 0.2) is 0 Å². The van der Waals surface area contributed by atoms with Crippen molar-refractivity contribution in [3.05, 3.63) is 13.8 Å². The quantitative estimate of drug-likeness (QED) is 0.213. The van der Waals surface area contributed by atoms with Crippen LogP contribution in [0.5, 0.6) is 0 Å². The zero-order valence-corrected chi connectivity index (χ0v) is 27.8. The van der Waals surface area contributed by atoms with Gasteiger partial charge < -0.3 is 13.8 Å². The minimum Gasteiger partial charge on any atom is -0.340 e. The van der Waals surface area contributed by atoms with Gasteiger partial charge in [-0.15, -0.1) is 0 Å². The van der Waals surface area contributed by atoms with E-state index in [1.165, 1.54) is 57.8 Å². The fraction of sp³-hybridized carbons (Fsp3) is 0.895. The Bertz CT molecular complexity index is 200. The summed E-state index contributed by atoms with van der Waals surface area (Å²) >= 11 is 0. The van der Waals surface area contributed by atoms with E-state index in [9.17, 15) is 0 Å². The average Bonchev–Trinajstić information content (AvgIpc) is 2.37. The second-order valence-electron chi connectivity index (χ2n) is 6.57. The molecular weight excluding hydrogens is 584 g/mol. The first-order valence-corrected chi connectivity index (χ1v) is 8.73. The van der Waals surface area contributed by atoms with Crippen LogP contribution in [0.1, 0.15) is 85.5 Å². The molecule has 0 nitrogen and oxygen atoms in total. The van der Waals surface area contributed by atoms with Crippen LogP contribution in [0.4, 0.5) is 0 Å². The van der Waals surface area contributed by atoms with Crippen molar-refractivity contribution in [2.24, 2.45) is 23.7 Å². The van der Waals surface area contributed by atoms with E-state index in [1.54, 1.807) is 0 Å². The summed E-state index contributed by atoms with van der Waals surface area (Å²) in [7, 11) is 0. The largest absolute Gasteiger partial charge is 0.340 e. The van der Waals surface area contributed by atoms with Crippen molar-refractivity contribution in [3.8, 4) is 0 Å². The Morgan fingerprint density at radius 3 is 1.35 bits per heavy atom. The van der Waals surface area contributed by atoms with E-state index in [-0.39, 0.29) is 131 Å². The van der Waals surface area contributed by atoms with Gasteiger partial charge in [0.1, 0.15) is 0 Å². The minimum absolute atomic E-state index is 0. The molecule has 0 rings (SSSR count). The molecule has 0 spiro atoms. The van der Waals surface area contributed by atoms with E-state index in [1.807, 2.05) is 0 Å². The normalized spacial score (nSPS) is 14.9. The average molecular weight is 622 g/mol. The third-order valence-corrected chi connectivity index (χ3v) is 4.55. The molecule has 0 aromatic heterocycles. The van der Waals surface area contributed by atoms with Gasteiger partial charge in [-0.2, -0.15) is 11.8 Å². The summed E-state index contributed by atoms with van der Waals surface area (Å²) in [4.78, 5) is 0. The molecule has 0 amide bonds. The molecule has 128 valence electrons. The first-order chi connectivity index (χ1) is 9.07. The van der Waals surface area contributed by atoms with E-state index in [4.69, 9.17) is 0 Å². The van der Waals surface area contributed by atoms with Crippen molar-refractivity contribution in [2.45, 2.75) is 85.5 Å². The molecule has 4 unspecified atom stereocenters. The topological polar surface area (TPSA) is 0 Å². The van der Waals surface area contributed by atoms with Crippen molar-refractivity contribution in [3.63, 3.8) is 0 Å². The smallest absolute Gasteiger partial charge is 0 e. The summed E-state index contributed by atoms with van der Waals surface area (Å²) < 4.78 is 0. The van der Waals surface area contributed by atoms with Crippen molar-refractivity contribution < 1.29 is 131 Å². The van der Waals surface area contributed by atoms with Gasteiger partial charge in [0.15, 0.2) is 0 Å². The molecule has 0 aliphatic rings. The fourth-order valence-corrected chi connectivity index (χ4v) is 3.36. The first kappa shape index (κ1) is 38.1. The fourth-order valence-electron chi connectivity index (χ4n) is 3.36. The van der Waals surface area contributed by atoms with Crippen LogP contribution in [0, 0.1) is 37.5 Å². The van der Waals surface area contributed by atoms with Crippen molar-refractivity contribution in [1.29, 1.82) is 0 Å². The molecule has 0 saturated heterocycles. The summed E-state index contributed by atoms with van der Waals surface area (Å²) in [6.07, 6.45) is 11.8. The van der Waals surface area contributed by atoms with Crippen LogP contribution >= 0.6 is 0 Å². The molecule has 0 aromatic carbocycles. The van der Waals surface area contributed by atoms with E-state index in [0.717, 1.165) is 11.8 Å². The molecule has 4 radical (unpaired) electrons. The molecule has 23 heavy (non-hydrogen) atoms. The third-order valence-electron chi connectivity index (χ3n) is 4.55. The molecule has 4 heteroatoms. The van der Waals surface area contributed by atoms with Gasteiger partial charge in [-0.1, -0.05) is 85.5 Å². The van der Waals surface area contributed by atoms with Crippen LogP contribution < -0.4 is 0 Å². The van der Waals surface area contributed by atoms with Crippen LogP contribution in [-0.2, 0) is 131 Å². The van der Waals surface area contributed by atoms with Crippen molar-refractivity contribution >= 4 is 0 Å². The predicted octanol–water partition coefficient (Wildman–Crippen LogP) is 6.70. The van der Waals surface area contributed by atoms with Crippen LogP contribution in [-0.4, -0.2) is 0 Å². The Kier molecular flexibility index (Phi) is 43.7. The van der Waals surface area contributed by atoms with Gasteiger partial charge in [0.05, 0.1) is 0 Å². The summed E-state index contributed by atoms with van der Waals surface area (Å²) in [5.41, 5.74) is 0. The number of rotatable bonds is 12. The number of hydrogen-bond acceptors (Lipinski definition) is 0. The summed E-state index contributed by atoms with van der Waals surface area (Å²) in [6.45, 7) is 18.0. The SMILES string of the molecule is [CH2-]C(CCC)CC(CC)CC([CH2-])CC(CC)CCC.[Y].[Y].[Y].[Y]. The summed E-state index contributed by atoms with van der Waals surface area (Å²) in [6, 6.07) is 0. The molecule has 0 aliphatic heterocycles. The Balaban J connectivity index is -0.000000270. The van der Waals surface area contributed by atoms with E-state index < -0.39 is 0 Å². The zero-order chi connectivity index (χ0) is 14.7. The Morgan fingerprint density at radius 1 is 0.565 bits per heavy atom.